The van der Waals surface area contributed by atoms with Crippen LogP contribution >= 0.6 is 0 Å². The second kappa shape index (κ2) is 6.00. The van der Waals surface area contributed by atoms with Crippen LogP contribution in [0.15, 0.2) is 36.7 Å². The van der Waals surface area contributed by atoms with Crippen LogP contribution in [0.3, 0.4) is 0 Å². The van der Waals surface area contributed by atoms with Crippen LogP contribution in [0.1, 0.15) is 18.1 Å². The first-order valence-corrected chi connectivity index (χ1v) is 6.14. The van der Waals surface area contributed by atoms with Crippen molar-refractivity contribution in [2.75, 3.05) is 17.2 Å². The highest BCUT2D eigenvalue weighted by atomic mass is 15.1. The number of nitrogens with one attached hydrogen (secondary N) is 2. The van der Waals surface area contributed by atoms with E-state index in [0.29, 0.717) is 0 Å². The molecule has 4 nitrogen and oxygen atoms in total. The summed E-state index contributed by atoms with van der Waals surface area (Å²) in [6.07, 6.45) is 3.69. The van der Waals surface area contributed by atoms with E-state index in [2.05, 4.69) is 34.4 Å². The minimum absolute atomic E-state index is 0.761. The summed E-state index contributed by atoms with van der Waals surface area (Å²) in [7, 11) is 0. The average molecular weight is 242 g/mol. The maximum Gasteiger partial charge on any atom is 0.128 e. The van der Waals surface area contributed by atoms with Crippen molar-refractivity contribution < 1.29 is 0 Å². The summed E-state index contributed by atoms with van der Waals surface area (Å²) >= 11 is 0. The predicted molar refractivity (Wildman–Crippen MR) is 74.7 cm³/mol. The van der Waals surface area contributed by atoms with E-state index in [1.54, 1.807) is 0 Å². The minimum atomic E-state index is 0.761. The van der Waals surface area contributed by atoms with Gasteiger partial charge in [-0.05, 0) is 43.2 Å². The molecule has 0 aromatic carbocycles. The number of anilines is 2. The van der Waals surface area contributed by atoms with Crippen LogP contribution in [-0.4, -0.2) is 16.5 Å². The first-order chi connectivity index (χ1) is 8.79. The summed E-state index contributed by atoms with van der Waals surface area (Å²) < 4.78 is 0. The highest BCUT2D eigenvalue weighted by Crippen LogP contribution is 2.11. The van der Waals surface area contributed by atoms with E-state index in [1.165, 1.54) is 11.1 Å². The number of hydrogen-bond acceptors (Lipinski definition) is 4. The van der Waals surface area contributed by atoms with Crippen molar-refractivity contribution in [2.45, 2.75) is 20.4 Å². The standard InChI is InChI=1S/C14H18N4/c1-3-16-13-5-4-6-14(18-13)17-10-12-7-8-15-9-11(12)2/h4-9H,3,10H2,1-2H3,(H2,16,17,18). The van der Waals surface area contributed by atoms with Crippen molar-refractivity contribution in [2.24, 2.45) is 0 Å². The fourth-order valence-corrected chi connectivity index (χ4v) is 1.70. The topological polar surface area (TPSA) is 49.8 Å². The van der Waals surface area contributed by atoms with Gasteiger partial charge in [0.15, 0.2) is 0 Å². The number of aryl methyl sites for hydroxylation is 1. The summed E-state index contributed by atoms with van der Waals surface area (Å²) in [6.45, 7) is 5.76. The van der Waals surface area contributed by atoms with Gasteiger partial charge in [0, 0.05) is 25.5 Å². The van der Waals surface area contributed by atoms with Gasteiger partial charge in [0.1, 0.15) is 11.6 Å². The molecule has 2 N–H and O–H groups in total. The summed E-state index contributed by atoms with van der Waals surface area (Å²) in [4.78, 5) is 8.55. The van der Waals surface area contributed by atoms with E-state index in [9.17, 15) is 0 Å². The van der Waals surface area contributed by atoms with Crippen LogP contribution in [-0.2, 0) is 6.54 Å². The Morgan fingerprint density at radius 3 is 2.61 bits per heavy atom. The zero-order valence-electron chi connectivity index (χ0n) is 10.8. The molecule has 0 bridgehead atoms. The molecule has 2 aromatic heterocycles. The van der Waals surface area contributed by atoms with Crippen molar-refractivity contribution in [3.63, 3.8) is 0 Å². The molecule has 18 heavy (non-hydrogen) atoms. The summed E-state index contributed by atoms with van der Waals surface area (Å²) in [5, 5.41) is 6.52. The molecule has 4 heteroatoms. The summed E-state index contributed by atoms with van der Waals surface area (Å²) in [6, 6.07) is 7.95. The summed E-state index contributed by atoms with van der Waals surface area (Å²) in [5.41, 5.74) is 2.42. The van der Waals surface area contributed by atoms with Crippen molar-refractivity contribution in [1.29, 1.82) is 0 Å². The molecular formula is C14H18N4. The molecule has 2 rings (SSSR count). The lowest BCUT2D eigenvalue weighted by Gasteiger charge is -2.09. The van der Waals surface area contributed by atoms with Crippen molar-refractivity contribution in [3.8, 4) is 0 Å². The fraction of sp³-hybridized carbons (Fsp3) is 0.286. The van der Waals surface area contributed by atoms with Gasteiger partial charge in [0.05, 0.1) is 0 Å². The smallest absolute Gasteiger partial charge is 0.128 e. The molecule has 2 heterocycles. The molecule has 0 amide bonds. The number of aromatic nitrogens is 2. The lowest BCUT2D eigenvalue weighted by Crippen LogP contribution is -2.05. The molecule has 0 saturated carbocycles. The van der Waals surface area contributed by atoms with E-state index in [-0.39, 0.29) is 0 Å². The molecule has 0 saturated heterocycles. The van der Waals surface area contributed by atoms with Gasteiger partial charge in [-0.15, -0.1) is 0 Å². The predicted octanol–water partition coefficient (Wildman–Crippen LogP) is 2.83. The Balaban J connectivity index is 2.02. The molecule has 0 atom stereocenters. The quantitative estimate of drug-likeness (QED) is 0.846. The van der Waals surface area contributed by atoms with Gasteiger partial charge in [-0.3, -0.25) is 4.98 Å². The lowest BCUT2D eigenvalue weighted by atomic mass is 10.1. The molecule has 0 radical (unpaired) electrons. The third kappa shape index (κ3) is 3.20. The van der Waals surface area contributed by atoms with Gasteiger partial charge >= 0.3 is 0 Å². The maximum atomic E-state index is 4.47. The van der Waals surface area contributed by atoms with Crippen molar-refractivity contribution >= 4 is 11.6 Å². The maximum absolute atomic E-state index is 4.47. The first kappa shape index (κ1) is 12.4. The number of rotatable bonds is 5. The summed E-state index contributed by atoms with van der Waals surface area (Å²) in [5.74, 6) is 1.78. The second-order valence-electron chi connectivity index (χ2n) is 4.09. The zero-order chi connectivity index (χ0) is 12.8. The molecule has 0 aliphatic rings. The molecule has 0 spiro atoms. The van der Waals surface area contributed by atoms with Crippen LogP contribution in [0.5, 0.6) is 0 Å². The first-order valence-electron chi connectivity index (χ1n) is 6.14. The van der Waals surface area contributed by atoms with E-state index >= 15 is 0 Å². The Kier molecular flexibility index (Phi) is 4.12. The van der Waals surface area contributed by atoms with Crippen LogP contribution < -0.4 is 10.6 Å². The largest absolute Gasteiger partial charge is 0.370 e. The Bertz CT molecular complexity index is 511. The Morgan fingerprint density at radius 2 is 1.89 bits per heavy atom. The van der Waals surface area contributed by atoms with Crippen molar-refractivity contribution in [1.82, 2.24) is 9.97 Å². The van der Waals surface area contributed by atoms with Crippen LogP contribution in [0.2, 0.25) is 0 Å². The molecular weight excluding hydrogens is 224 g/mol. The molecule has 0 aliphatic heterocycles. The van der Waals surface area contributed by atoms with E-state index in [4.69, 9.17) is 0 Å². The lowest BCUT2D eigenvalue weighted by molar-refractivity contribution is 1.06. The van der Waals surface area contributed by atoms with Gasteiger partial charge < -0.3 is 10.6 Å². The number of nitrogens with zero attached hydrogens (tertiary/aromatic N) is 2. The molecule has 0 aliphatic carbocycles. The van der Waals surface area contributed by atoms with Crippen LogP contribution in [0.4, 0.5) is 11.6 Å². The van der Waals surface area contributed by atoms with E-state index < -0.39 is 0 Å². The zero-order valence-corrected chi connectivity index (χ0v) is 10.8. The third-order valence-electron chi connectivity index (χ3n) is 2.70. The van der Waals surface area contributed by atoms with Crippen molar-refractivity contribution in [3.05, 3.63) is 47.8 Å². The Morgan fingerprint density at radius 1 is 1.11 bits per heavy atom. The number of hydrogen-bond donors (Lipinski definition) is 2. The van der Waals surface area contributed by atoms with Crippen LogP contribution in [0.25, 0.3) is 0 Å². The highest BCUT2D eigenvalue weighted by Gasteiger charge is 1.99. The third-order valence-corrected chi connectivity index (χ3v) is 2.70. The fourth-order valence-electron chi connectivity index (χ4n) is 1.70. The van der Waals surface area contributed by atoms with Crippen LogP contribution in [0, 0.1) is 6.92 Å². The molecule has 2 aromatic rings. The second-order valence-corrected chi connectivity index (χ2v) is 4.09. The monoisotopic (exact) mass is 242 g/mol. The average Bonchev–Trinajstić information content (AvgIpc) is 2.39. The minimum Gasteiger partial charge on any atom is -0.370 e. The van der Waals surface area contributed by atoms with Gasteiger partial charge in [-0.25, -0.2) is 4.98 Å². The molecule has 0 fully saturated rings. The Labute approximate surface area is 107 Å². The Hall–Kier alpha value is -2.10. The molecule has 0 unspecified atom stereocenters. The highest BCUT2D eigenvalue weighted by molar-refractivity contribution is 5.45. The van der Waals surface area contributed by atoms with E-state index in [0.717, 1.165) is 24.7 Å². The van der Waals surface area contributed by atoms with Gasteiger partial charge in [-0.1, -0.05) is 6.07 Å². The van der Waals surface area contributed by atoms with E-state index in [1.807, 2.05) is 36.7 Å². The number of pyridine rings is 2. The SMILES string of the molecule is CCNc1cccc(NCc2ccncc2C)n1. The van der Waals surface area contributed by atoms with Gasteiger partial charge in [0.25, 0.3) is 0 Å². The normalized spacial score (nSPS) is 10.1. The van der Waals surface area contributed by atoms with Gasteiger partial charge in [-0.2, -0.15) is 0 Å². The molecule has 94 valence electrons. The van der Waals surface area contributed by atoms with Gasteiger partial charge in [0.2, 0.25) is 0 Å².